The molecule has 2 saturated carbocycles. The first kappa shape index (κ1) is 31.0. The van der Waals surface area contributed by atoms with Crippen molar-refractivity contribution in [3.05, 3.63) is 47.5 Å². The molecule has 2 aliphatic heterocycles. The molecule has 0 aromatic heterocycles. The molecular formula is C31H42N4O7S. The van der Waals surface area contributed by atoms with Gasteiger partial charge in [-0.1, -0.05) is 49.3 Å². The van der Waals surface area contributed by atoms with Gasteiger partial charge in [-0.25, -0.2) is 13.2 Å². The molecule has 2 aliphatic carbocycles. The second-order valence-corrected chi connectivity index (χ2v) is 15.1. The number of ether oxygens (including phenoxy) is 1. The summed E-state index contributed by atoms with van der Waals surface area (Å²) >= 11 is 0. The summed E-state index contributed by atoms with van der Waals surface area (Å²) in [5.41, 5.74) is -0.378. The van der Waals surface area contributed by atoms with E-state index in [0.29, 0.717) is 25.7 Å². The average molecular weight is 615 g/mol. The third-order valence-electron chi connectivity index (χ3n) is 8.52. The van der Waals surface area contributed by atoms with E-state index in [9.17, 15) is 27.6 Å². The van der Waals surface area contributed by atoms with Gasteiger partial charge in [0, 0.05) is 18.9 Å². The second kappa shape index (κ2) is 11.9. The molecule has 1 aromatic carbocycles. The van der Waals surface area contributed by atoms with Gasteiger partial charge in [0.1, 0.15) is 23.2 Å². The quantitative estimate of drug-likeness (QED) is 0.441. The lowest BCUT2D eigenvalue weighted by Crippen LogP contribution is -2.61. The molecule has 234 valence electrons. The summed E-state index contributed by atoms with van der Waals surface area (Å²) < 4.78 is 33.0. The summed E-state index contributed by atoms with van der Waals surface area (Å²) in [7, 11) is -3.83. The Morgan fingerprint density at radius 3 is 2.47 bits per heavy atom. The monoisotopic (exact) mass is 614 g/mol. The Bertz CT molecular complexity index is 1420. The van der Waals surface area contributed by atoms with E-state index in [-0.39, 0.29) is 25.3 Å². The van der Waals surface area contributed by atoms with E-state index in [1.807, 2.05) is 36.4 Å². The number of benzene rings is 1. The molecule has 4 aliphatic rings. The van der Waals surface area contributed by atoms with E-state index in [1.165, 1.54) is 4.90 Å². The van der Waals surface area contributed by atoms with Crippen LogP contribution >= 0.6 is 0 Å². The van der Waals surface area contributed by atoms with Crippen molar-refractivity contribution in [1.29, 1.82) is 0 Å². The van der Waals surface area contributed by atoms with Gasteiger partial charge in [-0.2, -0.15) is 0 Å². The molecule has 11 nitrogen and oxygen atoms in total. The van der Waals surface area contributed by atoms with Crippen LogP contribution in [0.4, 0.5) is 4.79 Å². The molecule has 4 amide bonds. The maximum absolute atomic E-state index is 14.2. The number of allylic oxidation sites excluding steroid dienone is 1. The van der Waals surface area contributed by atoms with Crippen LogP contribution in [0.1, 0.15) is 83.3 Å². The first-order valence-corrected chi connectivity index (χ1v) is 16.8. The predicted octanol–water partition coefficient (Wildman–Crippen LogP) is 2.84. The van der Waals surface area contributed by atoms with Crippen LogP contribution in [-0.4, -0.2) is 65.6 Å². The number of nitrogens with zero attached hydrogens (tertiary/aromatic N) is 1. The van der Waals surface area contributed by atoms with E-state index in [2.05, 4.69) is 15.4 Å². The van der Waals surface area contributed by atoms with Gasteiger partial charge in [0.15, 0.2) is 0 Å². The first-order chi connectivity index (χ1) is 20.3. The summed E-state index contributed by atoms with van der Waals surface area (Å²) in [6.45, 7) is 5.38. The summed E-state index contributed by atoms with van der Waals surface area (Å²) in [6, 6.07) is 5.67. The second-order valence-electron chi connectivity index (χ2n) is 13.2. The van der Waals surface area contributed by atoms with Gasteiger partial charge in [-0.15, -0.1) is 0 Å². The van der Waals surface area contributed by atoms with E-state index in [0.717, 1.165) is 30.4 Å². The minimum Gasteiger partial charge on any atom is -0.444 e. The lowest BCUT2D eigenvalue weighted by Gasteiger charge is -2.38. The molecule has 12 heteroatoms. The Morgan fingerprint density at radius 1 is 1.05 bits per heavy atom. The van der Waals surface area contributed by atoms with Crippen molar-refractivity contribution in [2.45, 2.75) is 114 Å². The fourth-order valence-corrected chi connectivity index (χ4v) is 7.27. The lowest BCUT2D eigenvalue weighted by molar-refractivity contribution is -0.144. The minimum absolute atomic E-state index is 0.151. The van der Waals surface area contributed by atoms with E-state index in [4.69, 9.17) is 4.74 Å². The fourth-order valence-electron chi connectivity index (χ4n) is 5.91. The molecule has 0 saturated heterocycles. The third kappa shape index (κ3) is 7.22. The molecule has 43 heavy (non-hydrogen) atoms. The Balaban J connectivity index is 1.45. The van der Waals surface area contributed by atoms with Gasteiger partial charge in [-0.05, 0) is 70.4 Å². The molecule has 1 aromatic rings. The summed E-state index contributed by atoms with van der Waals surface area (Å²) in [5.74, 6) is -2.05. The number of alkyl carbamates (subject to hydrolysis) is 1. The number of nitrogens with one attached hydrogen (secondary N) is 3. The fraction of sp³-hybridized carbons (Fsp3) is 0.613. The topological polar surface area (TPSA) is 151 Å². The Labute approximate surface area is 253 Å². The Morgan fingerprint density at radius 2 is 1.77 bits per heavy atom. The van der Waals surface area contributed by atoms with Crippen LogP contribution in [0.15, 0.2) is 36.4 Å². The normalized spacial score (nSPS) is 28.2. The molecule has 3 N–H and O–H groups in total. The van der Waals surface area contributed by atoms with Crippen LogP contribution in [-0.2, 0) is 42.1 Å². The highest BCUT2D eigenvalue weighted by molar-refractivity contribution is 7.91. The number of hydrogen-bond acceptors (Lipinski definition) is 7. The number of carbonyl (C=O) groups is 4. The maximum Gasteiger partial charge on any atom is 0.408 e. The SMILES string of the molecule is CC(C)(C)OC(=O)N[C@H]1CCCCCC=C[C@@H]2C[C@@]2(C(=O)NS(=O)(=O)C2CC2)NC(=O)C2Cc3ccccc3CN2C1=O. The highest BCUT2D eigenvalue weighted by Gasteiger charge is 2.61. The highest BCUT2D eigenvalue weighted by Crippen LogP contribution is 2.46. The molecule has 0 spiro atoms. The zero-order valence-electron chi connectivity index (χ0n) is 25.1. The summed E-state index contributed by atoms with van der Waals surface area (Å²) in [5, 5.41) is 5.04. The average Bonchev–Trinajstić information content (AvgIpc) is 3.85. The standard InChI is InChI=1S/C31H42N4O7S/c1-30(2,3)42-29(39)32-24-14-8-6-4-5-7-13-22-18-31(22,28(38)34-43(40,41)23-15-16-23)33-26(36)25-17-20-11-9-10-12-21(20)19-35(25)27(24)37/h7,9-13,22-25H,4-6,8,14-19H2,1-3H3,(H,32,39)(H,33,36)(H,34,38)/t22-,24+,25?,31-/m1/s1. The molecule has 2 fully saturated rings. The molecule has 2 heterocycles. The van der Waals surface area contributed by atoms with Crippen LogP contribution in [0.2, 0.25) is 0 Å². The Hall–Kier alpha value is -3.41. The largest absolute Gasteiger partial charge is 0.444 e. The van der Waals surface area contributed by atoms with Crippen molar-refractivity contribution in [3.8, 4) is 0 Å². The van der Waals surface area contributed by atoms with E-state index in [1.54, 1.807) is 20.8 Å². The summed E-state index contributed by atoms with van der Waals surface area (Å²) in [4.78, 5) is 55.9. The van der Waals surface area contributed by atoms with Crippen molar-refractivity contribution >= 4 is 33.8 Å². The highest BCUT2D eigenvalue weighted by atomic mass is 32.2. The molecular weight excluding hydrogens is 572 g/mol. The maximum atomic E-state index is 14.2. The van der Waals surface area contributed by atoms with Gasteiger partial charge in [0.25, 0.3) is 5.91 Å². The van der Waals surface area contributed by atoms with Crippen LogP contribution in [0.25, 0.3) is 0 Å². The van der Waals surface area contributed by atoms with Gasteiger partial charge < -0.3 is 20.3 Å². The van der Waals surface area contributed by atoms with E-state index < -0.39 is 62.3 Å². The molecule has 4 atom stereocenters. The zero-order valence-corrected chi connectivity index (χ0v) is 25.9. The van der Waals surface area contributed by atoms with Gasteiger partial charge in [0.2, 0.25) is 21.8 Å². The number of sulfonamides is 1. The van der Waals surface area contributed by atoms with Gasteiger partial charge in [-0.3, -0.25) is 19.1 Å². The summed E-state index contributed by atoms with van der Waals surface area (Å²) in [6.07, 6.45) is 8.04. The minimum atomic E-state index is -3.83. The molecule has 1 unspecified atom stereocenters. The number of amides is 4. The van der Waals surface area contributed by atoms with E-state index >= 15 is 0 Å². The third-order valence-corrected chi connectivity index (χ3v) is 10.3. The van der Waals surface area contributed by atoms with Crippen LogP contribution in [0.3, 0.4) is 0 Å². The van der Waals surface area contributed by atoms with Gasteiger partial charge in [0.05, 0.1) is 5.25 Å². The molecule has 5 rings (SSSR count). The number of hydrogen-bond donors (Lipinski definition) is 3. The number of fused-ring (bicyclic) bond motifs is 3. The number of rotatable bonds is 4. The van der Waals surface area contributed by atoms with Crippen LogP contribution < -0.4 is 15.4 Å². The smallest absolute Gasteiger partial charge is 0.408 e. The lowest BCUT2D eigenvalue weighted by atomic mass is 9.92. The predicted molar refractivity (Wildman–Crippen MR) is 159 cm³/mol. The zero-order chi connectivity index (χ0) is 31.0. The van der Waals surface area contributed by atoms with Crippen molar-refractivity contribution < 1.29 is 32.3 Å². The first-order valence-electron chi connectivity index (χ1n) is 15.2. The van der Waals surface area contributed by atoms with Crippen molar-refractivity contribution in [2.24, 2.45) is 5.92 Å². The number of carbonyl (C=O) groups excluding carboxylic acids is 4. The van der Waals surface area contributed by atoms with Crippen molar-refractivity contribution in [1.82, 2.24) is 20.3 Å². The van der Waals surface area contributed by atoms with Crippen molar-refractivity contribution in [2.75, 3.05) is 0 Å². The van der Waals surface area contributed by atoms with Crippen LogP contribution in [0.5, 0.6) is 0 Å². The Kier molecular flexibility index (Phi) is 8.61. The molecule has 0 bridgehead atoms. The van der Waals surface area contributed by atoms with Crippen molar-refractivity contribution in [3.63, 3.8) is 0 Å². The van der Waals surface area contributed by atoms with Crippen LogP contribution in [0, 0.1) is 5.92 Å². The molecule has 0 radical (unpaired) electrons. The van der Waals surface area contributed by atoms with Gasteiger partial charge >= 0.3 is 6.09 Å².